The maximum absolute atomic E-state index is 4.19. The highest BCUT2D eigenvalue weighted by Gasteiger charge is 2.07. The number of hydrogen-bond acceptors (Lipinski definition) is 1. The average Bonchev–Trinajstić information content (AvgIpc) is 2.34. The highest BCUT2D eigenvalue weighted by molar-refractivity contribution is 8.08. The predicted octanol–water partition coefficient (Wildman–Crippen LogP) is 5.37. The van der Waals surface area contributed by atoms with Gasteiger partial charge in [0.05, 0.1) is 0 Å². The second kappa shape index (κ2) is 5.45. The Hall–Kier alpha value is -1.47. The fourth-order valence-corrected chi connectivity index (χ4v) is 3.07. The first kappa shape index (κ1) is 13.0. The molecule has 0 aliphatic carbocycles. The van der Waals surface area contributed by atoms with Gasteiger partial charge in [0.25, 0.3) is 0 Å². The molecule has 0 spiro atoms. The molecular weight excluding hydrogens is 236 g/mol. The molecule has 0 aliphatic rings. The molecule has 0 bridgehead atoms. The second-order valence-corrected chi connectivity index (χ2v) is 5.72. The lowest BCUT2D eigenvalue weighted by Crippen LogP contribution is -1.88. The first-order chi connectivity index (χ1) is 8.58. The lowest BCUT2D eigenvalue weighted by molar-refractivity contribution is 1.19. The lowest BCUT2D eigenvalue weighted by atomic mass is 10.1. The Bertz CT molecular complexity index is 544. The molecule has 0 radical (unpaired) electrons. The number of rotatable bonds is 3. The summed E-state index contributed by atoms with van der Waals surface area (Å²) in [4.78, 5) is 2.43. The normalized spacial score (nSPS) is 10.4. The van der Waals surface area contributed by atoms with Crippen molar-refractivity contribution in [1.29, 1.82) is 0 Å². The molecule has 0 heterocycles. The maximum atomic E-state index is 4.19. The maximum Gasteiger partial charge on any atom is 0.0181 e. The summed E-state index contributed by atoms with van der Waals surface area (Å²) in [6, 6.07) is 14.8. The van der Waals surface area contributed by atoms with Crippen molar-refractivity contribution in [1.82, 2.24) is 0 Å². The van der Waals surface area contributed by atoms with E-state index in [0.29, 0.717) is 0 Å². The van der Waals surface area contributed by atoms with Gasteiger partial charge in [0.2, 0.25) is 0 Å². The van der Waals surface area contributed by atoms with Gasteiger partial charge in [-0.15, -0.1) is 0 Å². The Morgan fingerprint density at radius 3 is 2.06 bits per heavy atom. The van der Waals surface area contributed by atoms with Gasteiger partial charge in [-0.05, 0) is 37.5 Å². The fraction of sp³-hybridized carbons (Fsp3) is 0.176. The summed E-state index contributed by atoms with van der Waals surface area (Å²) < 4.78 is 0. The first-order valence-corrected chi connectivity index (χ1v) is 6.89. The van der Waals surface area contributed by atoms with Crippen LogP contribution < -0.4 is 0 Å². The molecule has 1 heteroatoms. The van der Waals surface area contributed by atoms with E-state index in [-0.39, 0.29) is 0 Å². The molecule has 0 saturated heterocycles. The van der Waals surface area contributed by atoms with E-state index >= 15 is 0 Å². The fourth-order valence-electron chi connectivity index (χ4n) is 2.13. The van der Waals surface area contributed by atoms with Gasteiger partial charge in [-0.3, -0.25) is 0 Å². The van der Waals surface area contributed by atoms with E-state index in [9.17, 15) is 0 Å². The smallest absolute Gasteiger partial charge is 0.0181 e. The molecule has 0 aliphatic heterocycles. The number of benzene rings is 2. The van der Waals surface area contributed by atoms with Gasteiger partial charge in [-0.1, -0.05) is 66.4 Å². The third-order valence-electron chi connectivity index (χ3n) is 2.93. The van der Waals surface area contributed by atoms with E-state index in [1.165, 1.54) is 27.1 Å². The van der Waals surface area contributed by atoms with Crippen LogP contribution in [0, 0.1) is 20.8 Å². The summed E-state index contributed by atoms with van der Waals surface area (Å²) in [7, 11) is 0. The van der Waals surface area contributed by atoms with Gasteiger partial charge in [0.15, 0.2) is 0 Å². The van der Waals surface area contributed by atoms with Crippen LogP contribution in [0.3, 0.4) is 0 Å². The lowest BCUT2D eigenvalue weighted by Gasteiger charge is -2.12. The van der Waals surface area contributed by atoms with Crippen molar-refractivity contribution in [2.24, 2.45) is 0 Å². The molecule has 2 rings (SSSR count). The van der Waals surface area contributed by atoms with Crippen molar-refractivity contribution in [2.45, 2.75) is 25.7 Å². The zero-order valence-electron chi connectivity index (χ0n) is 11.2. The average molecular weight is 254 g/mol. The minimum Gasteiger partial charge on any atom is -0.0895 e. The zero-order valence-corrected chi connectivity index (χ0v) is 12.0. The van der Waals surface area contributed by atoms with Crippen LogP contribution in [0.4, 0.5) is 0 Å². The van der Waals surface area contributed by atoms with Crippen LogP contribution in [-0.4, -0.2) is 0 Å². The van der Waals surface area contributed by atoms with Crippen LogP contribution in [0.1, 0.15) is 22.3 Å². The van der Waals surface area contributed by atoms with Crippen molar-refractivity contribution in [3.05, 3.63) is 71.3 Å². The van der Waals surface area contributed by atoms with Crippen molar-refractivity contribution in [3.8, 4) is 0 Å². The minimum absolute atomic E-state index is 1.10. The van der Waals surface area contributed by atoms with E-state index in [4.69, 9.17) is 0 Å². The van der Waals surface area contributed by atoms with E-state index in [1.807, 2.05) is 6.07 Å². The Kier molecular flexibility index (Phi) is 3.93. The highest BCUT2D eigenvalue weighted by Crippen LogP contribution is 2.37. The molecule has 2 aromatic rings. The van der Waals surface area contributed by atoms with Gasteiger partial charge < -0.3 is 0 Å². The SMILES string of the molecule is C=C(Sc1c(C)cc(C)cc1C)c1ccccc1. The summed E-state index contributed by atoms with van der Waals surface area (Å²) in [6.07, 6.45) is 0. The Morgan fingerprint density at radius 1 is 0.944 bits per heavy atom. The van der Waals surface area contributed by atoms with Crippen molar-refractivity contribution >= 4 is 16.7 Å². The Morgan fingerprint density at radius 2 is 1.50 bits per heavy atom. The molecule has 0 atom stereocenters. The van der Waals surface area contributed by atoms with E-state index in [1.54, 1.807) is 11.8 Å². The molecule has 92 valence electrons. The van der Waals surface area contributed by atoms with Crippen LogP contribution in [-0.2, 0) is 0 Å². The van der Waals surface area contributed by atoms with Gasteiger partial charge >= 0.3 is 0 Å². The van der Waals surface area contributed by atoms with Crippen molar-refractivity contribution in [2.75, 3.05) is 0 Å². The second-order valence-electron chi connectivity index (χ2n) is 4.62. The topological polar surface area (TPSA) is 0 Å². The van der Waals surface area contributed by atoms with E-state index in [2.05, 4.69) is 63.7 Å². The summed E-state index contributed by atoms with van der Waals surface area (Å²) in [5.41, 5.74) is 5.17. The number of thioether (sulfide) groups is 1. The highest BCUT2D eigenvalue weighted by atomic mass is 32.2. The molecule has 0 amide bonds. The largest absolute Gasteiger partial charge is 0.0895 e. The first-order valence-electron chi connectivity index (χ1n) is 6.08. The third-order valence-corrected chi connectivity index (χ3v) is 4.26. The summed E-state index contributed by atoms with van der Waals surface area (Å²) in [5, 5.41) is 0. The van der Waals surface area contributed by atoms with E-state index < -0.39 is 0 Å². The molecule has 0 N–H and O–H groups in total. The van der Waals surface area contributed by atoms with Crippen LogP contribution in [0.15, 0.2) is 53.9 Å². The summed E-state index contributed by atoms with van der Waals surface area (Å²) in [5.74, 6) is 0. The standard InChI is InChI=1S/C17H18S/c1-12-10-13(2)17(14(3)11-12)18-15(4)16-8-6-5-7-9-16/h5-11H,4H2,1-3H3. The van der Waals surface area contributed by atoms with E-state index in [0.717, 1.165) is 4.91 Å². The van der Waals surface area contributed by atoms with Gasteiger partial charge in [-0.2, -0.15) is 0 Å². The molecule has 0 fully saturated rings. The monoisotopic (exact) mass is 254 g/mol. The molecule has 0 aromatic heterocycles. The van der Waals surface area contributed by atoms with Gasteiger partial charge in [-0.25, -0.2) is 0 Å². The van der Waals surface area contributed by atoms with Gasteiger partial charge in [0, 0.05) is 9.80 Å². The van der Waals surface area contributed by atoms with Crippen LogP contribution >= 0.6 is 11.8 Å². The molecular formula is C17H18S. The molecule has 18 heavy (non-hydrogen) atoms. The minimum atomic E-state index is 1.10. The Labute approximate surface area is 114 Å². The van der Waals surface area contributed by atoms with Crippen molar-refractivity contribution < 1.29 is 0 Å². The number of hydrogen-bond donors (Lipinski definition) is 0. The molecule has 0 unspecified atom stereocenters. The molecule has 0 nitrogen and oxygen atoms in total. The zero-order chi connectivity index (χ0) is 13.1. The van der Waals surface area contributed by atoms with Crippen LogP contribution in [0.2, 0.25) is 0 Å². The summed E-state index contributed by atoms with van der Waals surface area (Å²) >= 11 is 1.76. The van der Waals surface area contributed by atoms with Crippen LogP contribution in [0.5, 0.6) is 0 Å². The Balaban J connectivity index is 2.28. The quantitative estimate of drug-likeness (QED) is 0.663. The summed E-state index contributed by atoms with van der Waals surface area (Å²) in [6.45, 7) is 10.7. The third kappa shape index (κ3) is 2.85. The van der Waals surface area contributed by atoms with Crippen molar-refractivity contribution in [3.63, 3.8) is 0 Å². The van der Waals surface area contributed by atoms with Crippen LogP contribution in [0.25, 0.3) is 4.91 Å². The number of aryl methyl sites for hydroxylation is 3. The predicted molar refractivity (Wildman–Crippen MR) is 82.0 cm³/mol. The van der Waals surface area contributed by atoms with Gasteiger partial charge in [0.1, 0.15) is 0 Å². The molecule has 2 aromatic carbocycles. The molecule has 0 saturated carbocycles.